The van der Waals surface area contributed by atoms with E-state index in [4.69, 9.17) is 0 Å². The van der Waals surface area contributed by atoms with Gasteiger partial charge in [-0.25, -0.2) is 0 Å². The SMILES string of the molecule is CCCCCCCCCC1CCC(CCc2ccc(CCCCC)cc2C)CC1. The second-order valence-electron chi connectivity index (χ2n) is 10.1. The summed E-state index contributed by atoms with van der Waals surface area (Å²) >= 11 is 0. The highest BCUT2D eigenvalue weighted by molar-refractivity contribution is 5.31. The average Bonchev–Trinajstić information content (AvgIpc) is 2.73. The topological polar surface area (TPSA) is 0 Å². The minimum absolute atomic E-state index is 0.990. The number of hydrogen-bond donors (Lipinski definition) is 0. The normalized spacial score (nSPS) is 19.6. The molecule has 1 saturated carbocycles. The molecular weight excluding hydrogens is 348 g/mol. The molecule has 0 aliphatic heterocycles. The molecule has 166 valence electrons. The fourth-order valence-electron chi connectivity index (χ4n) is 5.33. The van der Waals surface area contributed by atoms with Crippen LogP contribution in [0.15, 0.2) is 18.2 Å². The fourth-order valence-corrected chi connectivity index (χ4v) is 5.33. The molecule has 0 bridgehead atoms. The lowest BCUT2D eigenvalue weighted by atomic mass is 9.77. The Morgan fingerprint density at radius 1 is 0.655 bits per heavy atom. The molecule has 1 aliphatic rings. The van der Waals surface area contributed by atoms with Crippen LogP contribution in [0.4, 0.5) is 0 Å². The summed E-state index contributed by atoms with van der Waals surface area (Å²) in [5, 5.41) is 0. The summed E-state index contributed by atoms with van der Waals surface area (Å²) in [6.45, 7) is 6.93. The van der Waals surface area contributed by atoms with Gasteiger partial charge in [-0.2, -0.15) is 0 Å². The molecule has 1 aliphatic carbocycles. The van der Waals surface area contributed by atoms with Gasteiger partial charge in [-0.1, -0.05) is 122 Å². The summed E-state index contributed by atoms with van der Waals surface area (Å²) < 4.78 is 0. The highest BCUT2D eigenvalue weighted by Crippen LogP contribution is 2.34. The van der Waals surface area contributed by atoms with E-state index in [1.54, 1.807) is 11.1 Å². The van der Waals surface area contributed by atoms with Gasteiger partial charge in [0.15, 0.2) is 0 Å². The molecule has 1 aromatic rings. The summed E-state index contributed by atoms with van der Waals surface area (Å²) in [6, 6.07) is 7.30. The fraction of sp³-hybridized carbons (Fsp3) is 0.793. The number of unbranched alkanes of at least 4 members (excludes halogenated alkanes) is 8. The molecule has 0 N–H and O–H groups in total. The van der Waals surface area contributed by atoms with E-state index < -0.39 is 0 Å². The number of benzene rings is 1. The van der Waals surface area contributed by atoms with Crippen molar-refractivity contribution in [2.24, 2.45) is 11.8 Å². The van der Waals surface area contributed by atoms with E-state index in [0.717, 1.165) is 11.8 Å². The van der Waals surface area contributed by atoms with Crippen molar-refractivity contribution in [2.75, 3.05) is 0 Å². The van der Waals surface area contributed by atoms with Crippen LogP contribution in [-0.4, -0.2) is 0 Å². The lowest BCUT2D eigenvalue weighted by molar-refractivity contribution is 0.248. The Labute approximate surface area is 183 Å². The molecule has 0 atom stereocenters. The molecule has 0 saturated heterocycles. The van der Waals surface area contributed by atoms with E-state index in [1.807, 2.05) is 0 Å². The minimum Gasteiger partial charge on any atom is -0.0654 e. The zero-order chi connectivity index (χ0) is 20.7. The molecule has 0 heteroatoms. The van der Waals surface area contributed by atoms with E-state index in [1.165, 1.54) is 121 Å². The molecule has 1 fully saturated rings. The third-order valence-corrected chi connectivity index (χ3v) is 7.48. The Balaban J connectivity index is 1.57. The summed E-state index contributed by atoms with van der Waals surface area (Å²) in [7, 11) is 0. The van der Waals surface area contributed by atoms with E-state index in [9.17, 15) is 0 Å². The van der Waals surface area contributed by atoms with Crippen LogP contribution in [0.3, 0.4) is 0 Å². The quantitative estimate of drug-likeness (QED) is 0.258. The maximum Gasteiger partial charge on any atom is -0.0274 e. The molecular formula is C29H50. The lowest BCUT2D eigenvalue weighted by Gasteiger charge is -2.28. The second kappa shape index (κ2) is 15.1. The second-order valence-corrected chi connectivity index (χ2v) is 10.1. The molecule has 0 nitrogen and oxygen atoms in total. The van der Waals surface area contributed by atoms with E-state index in [-0.39, 0.29) is 0 Å². The molecule has 29 heavy (non-hydrogen) atoms. The molecule has 0 heterocycles. The van der Waals surface area contributed by atoms with Gasteiger partial charge in [0.05, 0.1) is 0 Å². The predicted octanol–water partition coefficient (Wildman–Crippen LogP) is 9.61. The van der Waals surface area contributed by atoms with Crippen LogP contribution in [0.1, 0.15) is 133 Å². The van der Waals surface area contributed by atoms with Crippen molar-refractivity contribution in [3.8, 4) is 0 Å². The Bertz CT molecular complexity index is 521. The maximum atomic E-state index is 2.46. The van der Waals surface area contributed by atoms with Gasteiger partial charge in [0.1, 0.15) is 0 Å². The smallest absolute Gasteiger partial charge is 0.0274 e. The Morgan fingerprint density at radius 3 is 1.90 bits per heavy atom. The highest BCUT2D eigenvalue weighted by Gasteiger charge is 2.20. The van der Waals surface area contributed by atoms with E-state index >= 15 is 0 Å². The molecule has 0 spiro atoms. The first-order valence-electron chi connectivity index (χ1n) is 13.3. The van der Waals surface area contributed by atoms with Crippen LogP contribution in [0, 0.1) is 18.8 Å². The third kappa shape index (κ3) is 10.2. The van der Waals surface area contributed by atoms with Crippen molar-refractivity contribution in [1.29, 1.82) is 0 Å². The van der Waals surface area contributed by atoms with E-state index in [2.05, 4.69) is 39.0 Å². The standard InChI is InChI=1S/C29H50/c1-4-6-8-9-10-11-13-14-26-16-18-27(19-17-26)20-22-29-23-21-28(24-25(29)3)15-12-7-5-2/h21,23-24,26-27H,4-20,22H2,1-3H3. The summed E-state index contributed by atoms with van der Waals surface area (Å²) in [6.07, 6.45) is 25.7. The van der Waals surface area contributed by atoms with Crippen LogP contribution in [0.25, 0.3) is 0 Å². The molecule has 0 aromatic heterocycles. The Morgan fingerprint density at radius 2 is 1.24 bits per heavy atom. The van der Waals surface area contributed by atoms with Gasteiger partial charge in [-0.3, -0.25) is 0 Å². The van der Waals surface area contributed by atoms with Gasteiger partial charge in [0.2, 0.25) is 0 Å². The Hall–Kier alpha value is -0.780. The van der Waals surface area contributed by atoms with Crippen molar-refractivity contribution in [3.05, 3.63) is 34.9 Å². The zero-order valence-corrected chi connectivity index (χ0v) is 20.1. The number of rotatable bonds is 15. The van der Waals surface area contributed by atoms with Gasteiger partial charge in [-0.05, 0) is 61.1 Å². The van der Waals surface area contributed by atoms with Crippen molar-refractivity contribution in [2.45, 2.75) is 136 Å². The number of hydrogen-bond acceptors (Lipinski definition) is 0. The summed E-state index contributed by atoms with van der Waals surface area (Å²) in [4.78, 5) is 0. The van der Waals surface area contributed by atoms with Crippen molar-refractivity contribution >= 4 is 0 Å². The van der Waals surface area contributed by atoms with Gasteiger partial charge in [0, 0.05) is 0 Å². The minimum atomic E-state index is 0.990. The van der Waals surface area contributed by atoms with Gasteiger partial charge in [-0.15, -0.1) is 0 Å². The molecule has 0 amide bonds. The van der Waals surface area contributed by atoms with E-state index in [0.29, 0.717) is 0 Å². The van der Waals surface area contributed by atoms with Crippen molar-refractivity contribution in [1.82, 2.24) is 0 Å². The predicted molar refractivity (Wildman–Crippen MR) is 131 cm³/mol. The lowest BCUT2D eigenvalue weighted by Crippen LogP contribution is -2.15. The molecule has 2 rings (SSSR count). The van der Waals surface area contributed by atoms with Crippen LogP contribution in [0.5, 0.6) is 0 Å². The van der Waals surface area contributed by atoms with Gasteiger partial charge < -0.3 is 0 Å². The van der Waals surface area contributed by atoms with Crippen LogP contribution < -0.4 is 0 Å². The van der Waals surface area contributed by atoms with Crippen molar-refractivity contribution < 1.29 is 0 Å². The summed E-state index contributed by atoms with van der Waals surface area (Å²) in [5.74, 6) is 2.04. The maximum absolute atomic E-state index is 2.46. The monoisotopic (exact) mass is 398 g/mol. The van der Waals surface area contributed by atoms with Crippen molar-refractivity contribution in [3.63, 3.8) is 0 Å². The van der Waals surface area contributed by atoms with Gasteiger partial charge >= 0.3 is 0 Å². The largest absolute Gasteiger partial charge is 0.0654 e. The van der Waals surface area contributed by atoms with Gasteiger partial charge in [0.25, 0.3) is 0 Å². The van der Waals surface area contributed by atoms with Crippen LogP contribution in [0.2, 0.25) is 0 Å². The molecule has 0 unspecified atom stereocenters. The van der Waals surface area contributed by atoms with Crippen LogP contribution >= 0.6 is 0 Å². The van der Waals surface area contributed by atoms with Crippen LogP contribution in [-0.2, 0) is 12.8 Å². The number of aryl methyl sites for hydroxylation is 3. The first kappa shape index (κ1) is 24.5. The third-order valence-electron chi connectivity index (χ3n) is 7.48. The molecule has 0 radical (unpaired) electrons. The Kier molecular flexibility index (Phi) is 12.7. The highest BCUT2D eigenvalue weighted by atomic mass is 14.3. The first-order chi connectivity index (χ1) is 14.2. The molecule has 1 aromatic carbocycles. The summed E-state index contributed by atoms with van der Waals surface area (Å²) in [5.41, 5.74) is 4.69. The average molecular weight is 399 g/mol. The zero-order valence-electron chi connectivity index (χ0n) is 20.1. The first-order valence-corrected chi connectivity index (χ1v) is 13.3.